The average molecular weight is 427 g/mol. The number of likely N-dealkylation sites (tertiary alicyclic amines) is 1. The maximum Gasteiger partial charge on any atom is 0.224 e. The van der Waals surface area contributed by atoms with E-state index in [9.17, 15) is 9.59 Å². The van der Waals surface area contributed by atoms with Gasteiger partial charge in [0.25, 0.3) is 0 Å². The van der Waals surface area contributed by atoms with E-state index in [2.05, 4.69) is 4.98 Å². The molecule has 31 heavy (non-hydrogen) atoms. The van der Waals surface area contributed by atoms with Gasteiger partial charge in [-0.2, -0.15) is 0 Å². The molecule has 2 atom stereocenters. The molecule has 2 aliphatic heterocycles. The van der Waals surface area contributed by atoms with Crippen LogP contribution in [0.1, 0.15) is 19.3 Å². The minimum atomic E-state index is -0.0925. The highest BCUT2D eigenvalue weighted by atomic mass is 16.5. The number of imidazole rings is 1. The fourth-order valence-corrected chi connectivity index (χ4v) is 4.23. The molecule has 0 bridgehead atoms. The van der Waals surface area contributed by atoms with Crippen LogP contribution in [0.4, 0.5) is 0 Å². The van der Waals surface area contributed by atoms with Gasteiger partial charge in [0, 0.05) is 70.3 Å². The molecule has 2 aromatic rings. The van der Waals surface area contributed by atoms with Crippen LogP contribution in [-0.2, 0) is 20.9 Å². The first-order valence-corrected chi connectivity index (χ1v) is 11.0. The molecule has 1 aromatic carbocycles. The van der Waals surface area contributed by atoms with E-state index in [0.717, 1.165) is 5.75 Å². The molecule has 0 aliphatic carbocycles. The van der Waals surface area contributed by atoms with Gasteiger partial charge in [0.05, 0.1) is 19.5 Å². The summed E-state index contributed by atoms with van der Waals surface area (Å²) in [7, 11) is 0. The van der Waals surface area contributed by atoms with Crippen molar-refractivity contribution >= 4 is 11.8 Å². The SMILES string of the molecule is O=C(C[C@H]1CN(C(=O)CCn2ccnc2)CC[C@@H]1Oc1ccccc1)N1CCOCC1. The molecule has 166 valence electrons. The Morgan fingerprint density at radius 3 is 2.61 bits per heavy atom. The lowest BCUT2D eigenvalue weighted by Gasteiger charge is -2.39. The van der Waals surface area contributed by atoms with Crippen LogP contribution < -0.4 is 4.74 Å². The van der Waals surface area contributed by atoms with Gasteiger partial charge in [0.15, 0.2) is 0 Å². The van der Waals surface area contributed by atoms with Crippen LogP contribution in [0, 0.1) is 5.92 Å². The monoisotopic (exact) mass is 426 g/mol. The van der Waals surface area contributed by atoms with Crippen molar-refractivity contribution in [2.75, 3.05) is 39.4 Å². The van der Waals surface area contributed by atoms with Crippen molar-refractivity contribution in [3.63, 3.8) is 0 Å². The summed E-state index contributed by atoms with van der Waals surface area (Å²) in [5.74, 6) is 0.982. The van der Waals surface area contributed by atoms with Gasteiger partial charge in [-0.3, -0.25) is 9.59 Å². The van der Waals surface area contributed by atoms with Gasteiger partial charge < -0.3 is 23.8 Å². The largest absolute Gasteiger partial charge is 0.490 e. The molecule has 2 amide bonds. The van der Waals surface area contributed by atoms with Crippen molar-refractivity contribution in [1.82, 2.24) is 19.4 Å². The molecule has 2 aliphatic rings. The molecule has 0 radical (unpaired) electrons. The maximum atomic E-state index is 12.9. The fraction of sp³-hybridized carbons (Fsp3) is 0.522. The first-order valence-electron chi connectivity index (χ1n) is 11.0. The van der Waals surface area contributed by atoms with E-state index in [-0.39, 0.29) is 23.8 Å². The van der Waals surface area contributed by atoms with E-state index in [4.69, 9.17) is 9.47 Å². The summed E-state index contributed by atoms with van der Waals surface area (Å²) in [4.78, 5) is 33.5. The quantitative estimate of drug-likeness (QED) is 0.675. The predicted octanol–water partition coefficient (Wildman–Crippen LogP) is 1.82. The van der Waals surface area contributed by atoms with Gasteiger partial charge in [-0.1, -0.05) is 18.2 Å². The summed E-state index contributed by atoms with van der Waals surface area (Å²) >= 11 is 0. The number of ether oxygens (including phenoxy) is 2. The molecule has 4 rings (SSSR count). The van der Waals surface area contributed by atoms with E-state index in [0.29, 0.717) is 65.2 Å². The van der Waals surface area contributed by atoms with Crippen LogP contribution in [0.25, 0.3) is 0 Å². The number of piperidine rings is 1. The van der Waals surface area contributed by atoms with E-state index >= 15 is 0 Å². The number of carbonyl (C=O) groups is 2. The molecule has 0 saturated carbocycles. The first kappa shape index (κ1) is 21.4. The van der Waals surface area contributed by atoms with Gasteiger partial charge in [-0.15, -0.1) is 0 Å². The Labute approximate surface area is 182 Å². The number of aromatic nitrogens is 2. The smallest absolute Gasteiger partial charge is 0.224 e. The minimum Gasteiger partial charge on any atom is -0.490 e. The third kappa shape index (κ3) is 5.85. The van der Waals surface area contributed by atoms with Gasteiger partial charge in [0.2, 0.25) is 11.8 Å². The highest BCUT2D eigenvalue weighted by Gasteiger charge is 2.35. The number of morpholine rings is 1. The van der Waals surface area contributed by atoms with Crippen molar-refractivity contribution in [2.24, 2.45) is 5.92 Å². The molecule has 2 fully saturated rings. The number of para-hydroxylation sites is 1. The Kier molecular flexibility index (Phi) is 7.19. The zero-order valence-corrected chi connectivity index (χ0v) is 17.8. The Morgan fingerprint density at radius 2 is 1.87 bits per heavy atom. The topological polar surface area (TPSA) is 76.9 Å². The zero-order chi connectivity index (χ0) is 21.5. The van der Waals surface area contributed by atoms with Gasteiger partial charge in [-0.25, -0.2) is 4.98 Å². The molecule has 0 spiro atoms. The van der Waals surface area contributed by atoms with Gasteiger partial charge >= 0.3 is 0 Å². The number of hydrogen-bond acceptors (Lipinski definition) is 5. The second-order valence-corrected chi connectivity index (χ2v) is 8.11. The molecule has 8 nitrogen and oxygen atoms in total. The van der Waals surface area contributed by atoms with Gasteiger partial charge in [0.1, 0.15) is 11.9 Å². The number of amides is 2. The number of nitrogens with zero attached hydrogens (tertiary/aromatic N) is 4. The zero-order valence-electron chi connectivity index (χ0n) is 17.8. The third-order valence-electron chi connectivity index (χ3n) is 5.99. The predicted molar refractivity (Wildman–Crippen MR) is 114 cm³/mol. The summed E-state index contributed by atoms with van der Waals surface area (Å²) in [5.41, 5.74) is 0. The maximum absolute atomic E-state index is 12.9. The van der Waals surface area contributed by atoms with Crippen molar-refractivity contribution in [1.29, 1.82) is 0 Å². The van der Waals surface area contributed by atoms with Crippen molar-refractivity contribution < 1.29 is 19.1 Å². The molecular formula is C23H30N4O4. The standard InChI is InChI=1S/C23H30N4O4/c28-22(7-9-25-11-8-24-18-25)27-10-6-21(31-20-4-2-1-3-5-20)19(17-27)16-23(29)26-12-14-30-15-13-26/h1-5,8,11,18-19,21H,6-7,9-10,12-17H2/t19-,21-/m0/s1. The Hall–Kier alpha value is -2.87. The number of benzene rings is 1. The van der Waals surface area contributed by atoms with Crippen LogP contribution >= 0.6 is 0 Å². The van der Waals surface area contributed by atoms with Crippen molar-refractivity contribution in [3.05, 3.63) is 49.1 Å². The number of carbonyl (C=O) groups excluding carboxylic acids is 2. The lowest BCUT2D eigenvalue weighted by molar-refractivity contribution is -0.141. The highest BCUT2D eigenvalue weighted by Crippen LogP contribution is 2.27. The van der Waals surface area contributed by atoms with Crippen molar-refractivity contribution in [3.8, 4) is 5.75 Å². The summed E-state index contributed by atoms with van der Waals surface area (Å²) < 4.78 is 13.5. The fourth-order valence-electron chi connectivity index (χ4n) is 4.23. The molecule has 1 aromatic heterocycles. The van der Waals surface area contributed by atoms with E-state index in [1.54, 1.807) is 12.5 Å². The van der Waals surface area contributed by atoms with Gasteiger partial charge in [-0.05, 0) is 12.1 Å². The number of aryl methyl sites for hydroxylation is 1. The average Bonchev–Trinajstić information content (AvgIpc) is 3.33. The molecule has 3 heterocycles. The molecule has 0 unspecified atom stereocenters. The van der Waals surface area contributed by atoms with E-state index < -0.39 is 0 Å². The minimum absolute atomic E-state index is 0.0403. The molecule has 0 N–H and O–H groups in total. The van der Waals surface area contributed by atoms with Crippen LogP contribution in [-0.4, -0.2) is 76.7 Å². The van der Waals surface area contributed by atoms with Crippen LogP contribution in [0.15, 0.2) is 49.1 Å². The Balaban J connectivity index is 1.39. The van der Waals surface area contributed by atoms with Crippen LogP contribution in [0.2, 0.25) is 0 Å². The summed E-state index contributed by atoms with van der Waals surface area (Å²) in [6, 6.07) is 9.71. The lowest BCUT2D eigenvalue weighted by atomic mass is 9.90. The summed E-state index contributed by atoms with van der Waals surface area (Å²) in [5, 5.41) is 0. The number of hydrogen-bond donors (Lipinski definition) is 0. The third-order valence-corrected chi connectivity index (χ3v) is 5.99. The summed E-state index contributed by atoms with van der Waals surface area (Å²) in [6.07, 6.45) is 6.71. The normalized spacial score (nSPS) is 21.7. The second-order valence-electron chi connectivity index (χ2n) is 8.11. The molecule has 2 saturated heterocycles. The highest BCUT2D eigenvalue weighted by molar-refractivity contribution is 5.78. The number of rotatable bonds is 7. The van der Waals surface area contributed by atoms with Crippen LogP contribution in [0.5, 0.6) is 5.75 Å². The van der Waals surface area contributed by atoms with Crippen LogP contribution in [0.3, 0.4) is 0 Å². The second kappa shape index (κ2) is 10.4. The lowest BCUT2D eigenvalue weighted by Crippen LogP contribution is -2.50. The van der Waals surface area contributed by atoms with Crippen molar-refractivity contribution in [2.45, 2.75) is 31.9 Å². The van der Waals surface area contributed by atoms with E-state index in [1.165, 1.54) is 0 Å². The molecule has 8 heteroatoms. The summed E-state index contributed by atoms with van der Waals surface area (Å²) in [6.45, 7) is 4.21. The first-order chi connectivity index (χ1) is 15.2. The Bertz CT molecular complexity index is 837. The molecular weight excluding hydrogens is 396 g/mol. The van der Waals surface area contributed by atoms with E-state index in [1.807, 2.05) is 50.9 Å². The Morgan fingerprint density at radius 1 is 1.06 bits per heavy atom.